The first-order valence-electron chi connectivity index (χ1n) is 6.91. The van der Waals surface area contributed by atoms with Gasteiger partial charge in [-0.25, -0.2) is 9.97 Å². The Hall–Kier alpha value is -2.79. The summed E-state index contributed by atoms with van der Waals surface area (Å²) in [5.41, 5.74) is 8.59. The maximum absolute atomic E-state index is 11.9. The van der Waals surface area contributed by atoms with Gasteiger partial charge in [-0.2, -0.15) is 0 Å². The number of aryl methyl sites for hydroxylation is 1. The fraction of sp³-hybridized carbons (Fsp3) is 0.0588. The van der Waals surface area contributed by atoms with Crippen molar-refractivity contribution in [1.82, 2.24) is 15.0 Å². The van der Waals surface area contributed by atoms with Crippen LogP contribution in [0.4, 0.5) is 0 Å². The molecule has 0 saturated carbocycles. The van der Waals surface area contributed by atoms with Gasteiger partial charge < -0.3 is 5.73 Å². The number of amides is 1. The molecule has 2 aromatic heterocycles. The summed E-state index contributed by atoms with van der Waals surface area (Å²) in [5.74, 6) is -0.317. The van der Waals surface area contributed by atoms with Gasteiger partial charge in [0.15, 0.2) is 5.82 Å². The van der Waals surface area contributed by atoms with E-state index in [0.29, 0.717) is 17.0 Å². The smallest absolute Gasteiger partial charge is 0.268 e. The average Bonchev–Trinajstić information content (AvgIpc) is 2.56. The Balaban J connectivity index is 2.21. The SMILES string of the molecule is Cc1ccc(-c2c(Cl)nc(-c3ccncc3)nc2C(N)=O)cc1. The van der Waals surface area contributed by atoms with Gasteiger partial charge in [-0.15, -0.1) is 0 Å². The maximum atomic E-state index is 11.9. The predicted octanol–water partition coefficient (Wildman–Crippen LogP) is 3.27. The topological polar surface area (TPSA) is 81.8 Å². The van der Waals surface area contributed by atoms with Crippen LogP contribution in [0.15, 0.2) is 48.8 Å². The van der Waals surface area contributed by atoms with Crippen molar-refractivity contribution in [3.63, 3.8) is 0 Å². The van der Waals surface area contributed by atoms with Crippen LogP contribution in [0.2, 0.25) is 5.15 Å². The Morgan fingerprint density at radius 3 is 2.26 bits per heavy atom. The molecule has 0 bridgehead atoms. The number of halogens is 1. The minimum absolute atomic E-state index is 0.0978. The van der Waals surface area contributed by atoms with Gasteiger partial charge >= 0.3 is 0 Å². The summed E-state index contributed by atoms with van der Waals surface area (Å²) in [7, 11) is 0. The number of primary amides is 1. The molecule has 0 aliphatic rings. The van der Waals surface area contributed by atoms with E-state index in [0.717, 1.165) is 11.1 Å². The number of pyridine rings is 1. The van der Waals surface area contributed by atoms with Crippen LogP contribution in [0, 0.1) is 6.92 Å². The fourth-order valence-electron chi connectivity index (χ4n) is 2.22. The van der Waals surface area contributed by atoms with E-state index in [-0.39, 0.29) is 10.8 Å². The molecule has 6 heteroatoms. The zero-order valence-corrected chi connectivity index (χ0v) is 13.1. The molecule has 0 unspecified atom stereocenters. The monoisotopic (exact) mass is 324 g/mol. The molecule has 1 aromatic carbocycles. The van der Waals surface area contributed by atoms with Crippen molar-refractivity contribution >= 4 is 17.5 Å². The third kappa shape index (κ3) is 3.05. The molecule has 3 aromatic rings. The van der Waals surface area contributed by atoms with Crippen LogP contribution in [0.25, 0.3) is 22.5 Å². The summed E-state index contributed by atoms with van der Waals surface area (Å²) in [6, 6.07) is 11.0. The van der Waals surface area contributed by atoms with Crippen LogP contribution in [0.5, 0.6) is 0 Å². The lowest BCUT2D eigenvalue weighted by Gasteiger charge is -2.11. The Morgan fingerprint density at radius 2 is 1.65 bits per heavy atom. The molecule has 5 nitrogen and oxygen atoms in total. The lowest BCUT2D eigenvalue weighted by molar-refractivity contribution is 0.0996. The highest BCUT2D eigenvalue weighted by Gasteiger charge is 2.19. The molecule has 114 valence electrons. The van der Waals surface area contributed by atoms with Crippen molar-refractivity contribution in [3.8, 4) is 22.5 Å². The van der Waals surface area contributed by atoms with E-state index in [4.69, 9.17) is 17.3 Å². The highest BCUT2D eigenvalue weighted by molar-refractivity contribution is 6.33. The second-order valence-electron chi connectivity index (χ2n) is 5.03. The van der Waals surface area contributed by atoms with Crippen molar-refractivity contribution in [2.24, 2.45) is 5.73 Å². The summed E-state index contributed by atoms with van der Waals surface area (Å²) in [6.45, 7) is 1.98. The van der Waals surface area contributed by atoms with Crippen LogP contribution >= 0.6 is 11.6 Å². The number of aromatic nitrogens is 3. The van der Waals surface area contributed by atoms with Crippen LogP contribution in [0.3, 0.4) is 0 Å². The first-order chi connectivity index (χ1) is 11.1. The van der Waals surface area contributed by atoms with Crippen molar-refractivity contribution in [2.75, 3.05) is 0 Å². The van der Waals surface area contributed by atoms with E-state index in [1.807, 2.05) is 31.2 Å². The summed E-state index contributed by atoms with van der Waals surface area (Å²) in [6.07, 6.45) is 3.23. The number of hydrogen-bond donors (Lipinski definition) is 1. The third-order valence-electron chi connectivity index (χ3n) is 3.38. The summed E-state index contributed by atoms with van der Waals surface area (Å²) >= 11 is 6.33. The number of carbonyl (C=O) groups is 1. The summed E-state index contributed by atoms with van der Waals surface area (Å²) < 4.78 is 0. The van der Waals surface area contributed by atoms with E-state index in [9.17, 15) is 4.79 Å². The van der Waals surface area contributed by atoms with E-state index >= 15 is 0 Å². The van der Waals surface area contributed by atoms with E-state index in [1.54, 1.807) is 24.5 Å². The summed E-state index contributed by atoms with van der Waals surface area (Å²) in [5, 5.41) is 0.185. The molecule has 0 aliphatic heterocycles. The Kier molecular flexibility index (Phi) is 4.04. The standard InChI is InChI=1S/C17H13ClN4O/c1-10-2-4-11(5-3-10)13-14(16(19)23)21-17(22-15(13)18)12-6-8-20-9-7-12/h2-9H,1H3,(H2,19,23). The molecule has 3 rings (SSSR count). The largest absolute Gasteiger partial charge is 0.364 e. The van der Waals surface area contributed by atoms with Gasteiger partial charge in [0, 0.05) is 18.0 Å². The number of carbonyl (C=O) groups excluding carboxylic acids is 1. The van der Waals surface area contributed by atoms with Gasteiger partial charge in [0.2, 0.25) is 0 Å². The Labute approximate surface area is 138 Å². The quantitative estimate of drug-likeness (QED) is 0.750. The van der Waals surface area contributed by atoms with Crippen molar-refractivity contribution in [1.29, 1.82) is 0 Å². The molecule has 0 radical (unpaired) electrons. The molecule has 0 fully saturated rings. The lowest BCUT2D eigenvalue weighted by Crippen LogP contribution is -2.16. The number of nitrogens with zero attached hydrogens (tertiary/aromatic N) is 3. The normalized spacial score (nSPS) is 10.5. The zero-order valence-electron chi connectivity index (χ0n) is 12.3. The van der Waals surface area contributed by atoms with Crippen molar-refractivity contribution in [3.05, 3.63) is 65.2 Å². The molecule has 0 aliphatic carbocycles. The van der Waals surface area contributed by atoms with Gasteiger partial charge in [-0.05, 0) is 24.6 Å². The van der Waals surface area contributed by atoms with Crippen molar-refractivity contribution < 1.29 is 4.79 Å². The molecule has 2 heterocycles. The molecular formula is C17H13ClN4O. The van der Waals surface area contributed by atoms with Crippen molar-refractivity contribution in [2.45, 2.75) is 6.92 Å². The second-order valence-corrected chi connectivity index (χ2v) is 5.39. The molecule has 2 N–H and O–H groups in total. The van der Waals surface area contributed by atoms with Gasteiger partial charge in [0.1, 0.15) is 10.8 Å². The Morgan fingerprint density at radius 1 is 1.00 bits per heavy atom. The highest BCUT2D eigenvalue weighted by atomic mass is 35.5. The highest BCUT2D eigenvalue weighted by Crippen LogP contribution is 2.31. The number of rotatable bonds is 3. The van der Waals surface area contributed by atoms with Gasteiger partial charge in [-0.1, -0.05) is 41.4 Å². The van der Waals surface area contributed by atoms with Gasteiger partial charge in [0.05, 0.1) is 5.56 Å². The molecule has 0 spiro atoms. The maximum Gasteiger partial charge on any atom is 0.268 e. The predicted molar refractivity (Wildman–Crippen MR) is 89.0 cm³/mol. The molecular weight excluding hydrogens is 312 g/mol. The first kappa shape index (κ1) is 15.1. The second kappa shape index (κ2) is 6.14. The minimum Gasteiger partial charge on any atom is -0.364 e. The molecule has 0 saturated heterocycles. The number of benzene rings is 1. The number of nitrogens with two attached hydrogens (primary N) is 1. The van der Waals surface area contributed by atoms with Crippen LogP contribution in [0.1, 0.15) is 16.1 Å². The summed E-state index contributed by atoms with van der Waals surface area (Å²) in [4.78, 5) is 24.4. The molecule has 23 heavy (non-hydrogen) atoms. The van der Waals surface area contributed by atoms with Gasteiger partial charge in [-0.3, -0.25) is 9.78 Å². The minimum atomic E-state index is -0.653. The average molecular weight is 325 g/mol. The third-order valence-corrected chi connectivity index (χ3v) is 3.65. The zero-order chi connectivity index (χ0) is 16.4. The molecule has 1 amide bonds. The number of hydrogen-bond acceptors (Lipinski definition) is 4. The van der Waals surface area contributed by atoms with Crippen LogP contribution < -0.4 is 5.73 Å². The van der Waals surface area contributed by atoms with E-state index in [2.05, 4.69) is 15.0 Å². The van der Waals surface area contributed by atoms with E-state index in [1.165, 1.54) is 0 Å². The molecule has 0 atom stereocenters. The lowest BCUT2D eigenvalue weighted by atomic mass is 10.0. The fourth-order valence-corrected chi connectivity index (χ4v) is 2.50. The van der Waals surface area contributed by atoms with E-state index < -0.39 is 5.91 Å². The van der Waals surface area contributed by atoms with Crippen LogP contribution in [-0.2, 0) is 0 Å². The first-order valence-corrected chi connectivity index (χ1v) is 7.29. The van der Waals surface area contributed by atoms with Gasteiger partial charge in [0.25, 0.3) is 5.91 Å². The Bertz CT molecular complexity index is 864. The van der Waals surface area contributed by atoms with Crippen LogP contribution in [-0.4, -0.2) is 20.9 Å².